The van der Waals surface area contributed by atoms with E-state index < -0.39 is 0 Å². The number of thioether (sulfide) groups is 1. The lowest BCUT2D eigenvalue weighted by molar-refractivity contribution is 0.167. The van der Waals surface area contributed by atoms with Crippen molar-refractivity contribution in [3.63, 3.8) is 0 Å². The molecule has 0 aliphatic carbocycles. The van der Waals surface area contributed by atoms with Gasteiger partial charge in [-0.1, -0.05) is 19.1 Å². The Morgan fingerprint density at radius 1 is 1.27 bits per heavy atom. The topological polar surface area (TPSA) is 20.2 Å². The lowest BCUT2D eigenvalue weighted by Gasteiger charge is -2.16. The van der Waals surface area contributed by atoms with Crippen molar-refractivity contribution in [2.24, 2.45) is 0 Å². The van der Waals surface area contributed by atoms with Crippen LogP contribution in [0.4, 0.5) is 0 Å². The Morgan fingerprint density at radius 3 is 2.67 bits per heavy atom. The first-order chi connectivity index (χ1) is 7.09. The second-order valence-corrected chi connectivity index (χ2v) is 5.89. The third-order valence-electron chi connectivity index (χ3n) is 3.21. The maximum atomic E-state index is 10.2. The molecule has 1 unspecified atom stereocenters. The van der Waals surface area contributed by atoms with Crippen molar-refractivity contribution in [3.8, 4) is 0 Å². The smallest absolute Gasteiger partial charge is 0.0806 e. The van der Waals surface area contributed by atoms with E-state index in [1.807, 2.05) is 11.8 Å². The summed E-state index contributed by atoms with van der Waals surface area (Å²) in [5.74, 6) is 1.04. The van der Waals surface area contributed by atoms with Crippen LogP contribution in [-0.2, 0) is 5.75 Å². The largest absolute Gasteiger partial charge is 0.388 e. The SMILES string of the molecule is Cc1ccc(C)c2c1CSC(C)C[C@@H]2O. The average molecular weight is 222 g/mol. The fourth-order valence-electron chi connectivity index (χ4n) is 2.27. The second kappa shape index (κ2) is 4.18. The summed E-state index contributed by atoms with van der Waals surface area (Å²) in [4.78, 5) is 0. The van der Waals surface area contributed by atoms with Gasteiger partial charge in [-0.15, -0.1) is 0 Å². The van der Waals surface area contributed by atoms with Crippen molar-refractivity contribution in [2.45, 2.75) is 44.3 Å². The normalized spacial score (nSPS) is 25.9. The number of hydrogen-bond acceptors (Lipinski definition) is 2. The van der Waals surface area contributed by atoms with Crippen molar-refractivity contribution >= 4 is 11.8 Å². The van der Waals surface area contributed by atoms with Gasteiger partial charge in [0.25, 0.3) is 0 Å². The third kappa shape index (κ3) is 2.06. The number of aliphatic hydroxyl groups is 1. The van der Waals surface area contributed by atoms with E-state index in [4.69, 9.17) is 0 Å². The number of benzene rings is 1. The van der Waals surface area contributed by atoms with Gasteiger partial charge >= 0.3 is 0 Å². The lowest BCUT2D eigenvalue weighted by Crippen LogP contribution is -2.06. The van der Waals surface area contributed by atoms with Gasteiger partial charge in [-0.05, 0) is 42.5 Å². The third-order valence-corrected chi connectivity index (χ3v) is 4.43. The highest BCUT2D eigenvalue weighted by Crippen LogP contribution is 2.37. The van der Waals surface area contributed by atoms with E-state index in [0.29, 0.717) is 5.25 Å². The van der Waals surface area contributed by atoms with Crippen LogP contribution in [0.1, 0.15) is 41.7 Å². The van der Waals surface area contributed by atoms with Crippen molar-refractivity contribution in [1.82, 2.24) is 0 Å². The minimum Gasteiger partial charge on any atom is -0.388 e. The van der Waals surface area contributed by atoms with E-state index in [0.717, 1.165) is 12.2 Å². The van der Waals surface area contributed by atoms with Gasteiger partial charge in [-0.3, -0.25) is 0 Å². The summed E-state index contributed by atoms with van der Waals surface area (Å²) in [5.41, 5.74) is 5.10. The zero-order valence-corrected chi connectivity index (χ0v) is 10.4. The summed E-state index contributed by atoms with van der Waals surface area (Å²) in [6.07, 6.45) is 0.604. The predicted octanol–water partition coefficient (Wildman–Crippen LogP) is 3.36. The predicted molar refractivity (Wildman–Crippen MR) is 66.2 cm³/mol. The van der Waals surface area contributed by atoms with Crippen LogP contribution in [0.2, 0.25) is 0 Å². The molecule has 1 N–H and O–H groups in total. The molecule has 1 aliphatic heterocycles. The minimum atomic E-state index is -0.273. The summed E-state index contributed by atoms with van der Waals surface area (Å²) >= 11 is 1.95. The molecule has 1 aromatic rings. The van der Waals surface area contributed by atoms with Crippen molar-refractivity contribution in [2.75, 3.05) is 0 Å². The Labute approximate surface area is 95.9 Å². The maximum absolute atomic E-state index is 10.2. The van der Waals surface area contributed by atoms with Gasteiger partial charge in [-0.2, -0.15) is 11.8 Å². The molecule has 1 aromatic carbocycles. The molecule has 82 valence electrons. The Hall–Kier alpha value is -0.470. The number of hydrogen-bond donors (Lipinski definition) is 1. The van der Waals surface area contributed by atoms with Crippen LogP contribution < -0.4 is 0 Å². The molecule has 0 amide bonds. The Balaban J connectivity index is 2.52. The van der Waals surface area contributed by atoms with Gasteiger partial charge in [0.15, 0.2) is 0 Å². The van der Waals surface area contributed by atoms with E-state index in [1.165, 1.54) is 22.3 Å². The first kappa shape index (κ1) is 11.0. The molecular weight excluding hydrogens is 204 g/mol. The number of rotatable bonds is 0. The van der Waals surface area contributed by atoms with Gasteiger partial charge in [0, 0.05) is 11.0 Å². The molecule has 2 heteroatoms. The molecule has 0 saturated carbocycles. The first-order valence-corrected chi connectivity index (χ1v) is 6.53. The van der Waals surface area contributed by atoms with Crippen molar-refractivity contribution in [3.05, 3.63) is 34.4 Å². The molecule has 0 bridgehead atoms. The fourth-order valence-corrected chi connectivity index (χ4v) is 3.42. The molecule has 1 nitrogen and oxygen atoms in total. The highest BCUT2D eigenvalue weighted by atomic mass is 32.2. The van der Waals surface area contributed by atoms with Crippen molar-refractivity contribution in [1.29, 1.82) is 0 Å². The fraction of sp³-hybridized carbons (Fsp3) is 0.538. The zero-order valence-electron chi connectivity index (χ0n) is 9.58. The molecule has 2 atom stereocenters. The van der Waals surface area contributed by atoms with Crippen LogP contribution in [0.5, 0.6) is 0 Å². The molecule has 1 aliphatic rings. The van der Waals surface area contributed by atoms with Gasteiger partial charge in [0.2, 0.25) is 0 Å². The van der Waals surface area contributed by atoms with Crippen molar-refractivity contribution < 1.29 is 5.11 Å². The van der Waals surface area contributed by atoms with Gasteiger partial charge < -0.3 is 5.11 Å². The average Bonchev–Trinajstić information content (AvgIpc) is 2.32. The minimum absolute atomic E-state index is 0.273. The molecule has 0 spiro atoms. The quantitative estimate of drug-likeness (QED) is 0.726. The number of aliphatic hydroxyl groups excluding tert-OH is 1. The van der Waals surface area contributed by atoms with E-state index >= 15 is 0 Å². The van der Waals surface area contributed by atoms with Gasteiger partial charge in [0.1, 0.15) is 0 Å². The molecule has 0 aromatic heterocycles. The second-order valence-electron chi connectivity index (χ2n) is 4.46. The van der Waals surface area contributed by atoms with Crippen LogP contribution in [-0.4, -0.2) is 10.4 Å². The van der Waals surface area contributed by atoms with E-state index in [-0.39, 0.29) is 6.10 Å². The van der Waals surface area contributed by atoms with Crippen LogP contribution in [0.25, 0.3) is 0 Å². The Morgan fingerprint density at radius 2 is 1.93 bits per heavy atom. The van der Waals surface area contributed by atoms with Crippen LogP contribution in [0.3, 0.4) is 0 Å². The number of fused-ring (bicyclic) bond motifs is 1. The molecular formula is C13H18OS. The number of aryl methyl sites for hydroxylation is 2. The molecule has 15 heavy (non-hydrogen) atoms. The highest BCUT2D eigenvalue weighted by Gasteiger charge is 2.23. The van der Waals surface area contributed by atoms with Crippen LogP contribution in [0.15, 0.2) is 12.1 Å². The standard InChI is InChI=1S/C13H18OS/c1-8-4-5-9(2)13-11(8)7-15-10(3)6-12(13)14/h4-5,10,12,14H,6-7H2,1-3H3/t10?,12-/m0/s1. The summed E-state index contributed by atoms with van der Waals surface area (Å²) in [7, 11) is 0. The molecule has 0 saturated heterocycles. The summed E-state index contributed by atoms with van der Waals surface area (Å²) in [6, 6.07) is 4.29. The van der Waals surface area contributed by atoms with E-state index in [1.54, 1.807) is 0 Å². The van der Waals surface area contributed by atoms with E-state index in [2.05, 4.69) is 32.9 Å². The monoisotopic (exact) mass is 222 g/mol. The van der Waals surface area contributed by atoms with Gasteiger partial charge in [0.05, 0.1) is 6.10 Å². The molecule has 0 radical (unpaired) electrons. The Kier molecular flexibility index (Phi) is 3.08. The molecule has 2 rings (SSSR count). The zero-order chi connectivity index (χ0) is 11.0. The lowest BCUT2D eigenvalue weighted by atomic mass is 9.92. The van der Waals surface area contributed by atoms with E-state index in [9.17, 15) is 5.11 Å². The molecule has 0 fully saturated rings. The summed E-state index contributed by atoms with van der Waals surface area (Å²) in [5, 5.41) is 10.8. The summed E-state index contributed by atoms with van der Waals surface area (Å²) in [6.45, 7) is 6.44. The summed E-state index contributed by atoms with van der Waals surface area (Å²) < 4.78 is 0. The maximum Gasteiger partial charge on any atom is 0.0806 e. The van der Waals surface area contributed by atoms with Gasteiger partial charge in [-0.25, -0.2) is 0 Å². The highest BCUT2D eigenvalue weighted by molar-refractivity contribution is 7.99. The molecule has 1 heterocycles. The van der Waals surface area contributed by atoms with Crippen LogP contribution >= 0.6 is 11.8 Å². The Bertz CT molecular complexity index is 373. The van der Waals surface area contributed by atoms with Crippen LogP contribution in [0, 0.1) is 13.8 Å². The first-order valence-electron chi connectivity index (χ1n) is 5.48.